The van der Waals surface area contributed by atoms with E-state index in [2.05, 4.69) is 0 Å². The van der Waals surface area contributed by atoms with E-state index in [0.717, 1.165) is 16.7 Å². The highest BCUT2D eigenvalue weighted by Crippen LogP contribution is 2.46. The van der Waals surface area contributed by atoms with Crippen LogP contribution >= 0.6 is 11.8 Å². The monoisotopic (exact) mass is 313 g/mol. The zero-order chi connectivity index (χ0) is 15.9. The van der Waals surface area contributed by atoms with E-state index in [4.69, 9.17) is 4.74 Å². The van der Waals surface area contributed by atoms with E-state index in [1.165, 1.54) is 13.8 Å². The number of carbonyl (C=O) groups excluding carboxylic acids is 3. The summed E-state index contributed by atoms with van der Waals surface area (Å²) in [6.07, 6.45) is -0.231. The quantitative estimate of drug-likeness (QED) is 0.603. The van der Waals surface area contributed by atoms with Crippen LogP contribution in [0, 0.1) is 5.92 Å². The first-order valence-electron chi connectivity index (χ1n) is 6.45. The van der Waals surface area contributed by atoms with E-state index < -0.39 is 35.2 Å². The first-order valence-corrected chi connectivity index (χ1v) is 7.33. The van der Waals surface area contributed by atoms with Crippen LogP contribution in [0.1, 0.15) is 27.2 Å². The van der Waals surface area contributed by atoms with Crippen molar-refractivity contribution in [1.29, 1.82) is 0 Å². The van der Waals surface area contributed by atoms with Gasteiger partial charge in [-0.2, -0.15) is 0 Å². The molecular weight excluding hydrogens is 298 g/mol. The summed E-state index contributed by atoms with van der Waals surface area (Å²) in [5.74, 6) is -2.93. The Labute approximate surface area is 125 Å². The minimum absolute atomic E-state index is 0.0519. The number of amides is 1. The predicted octanol–water partition coefficient (Wildman–Crippen LogP) is 0.745. The number of carboxylic acids is 1. The standard InChI is InChI=1S/C13H15NO6S/c1-4-7(20-6(3)15)8-10(16)14-9(12(17)18)5(2)13(19)21-11(8)14/h7-8,11H,4H2,1-3H3,(H,17,18)/t7-,8+,11+/m1/s1. The van der Waals surface area contributed by atoms with Crippen LogP contribution in [0.5, 0.6) is 0 Å². The summed E-state index contributed by atoms with van der Waals surface area (Å²) in [5, 5.41) is 8.20. The molecule has 1 amide bonds. The van der Waals surface area contributed by atoms with Gasteiger partial charge in [0.05, 0.1) is 0 Å². The van der Waals surface area contributed by atoms with Crippen molar-refractivity contribution >= 4 is 34.7 Å². The van der Waals surface area contributed by atoms with Gasteiger partial charge in [0, 0.05) is 12.5 Å². The Morgan fingerprint density at radius 2 is 2.05 bits per heavy atom. The molecular formula is C13H15NO6S. The molecule has 0 aromatic rings. The van der Waals surface area contributed by atoms with E-state index in [-0.39, 0.29) is 16.4 Å². The molecule has 1 N–H and O–H groups in total. The van der Waals surface area contributed by atoms with Gasteiger partial charge in [-0.1, -0.05) is 18.7 Å². The zero-order valence-corrected chi connectivity index (χ0v) is 12.6. The number of β-lactam (4-membered cyclic amide) rings is 1. The molecule has 0 aliphatic carbocycles. The molecule has 0 aromatic carbocycles. The largest absolute Gasteiger partial charge is 0.477 e. The fraction of sp³-hybridized carbons (Fsp3) is 0.538. The molecule has 0 radical (unpaired) electrons. The van der Waals surface area contributed by atoms with E-state index in [9.17, 15) is 24.3 Å². The van der Waals surface area contributed by atoms with Crippen LogP contribution in [0.2, 0.25) is 0 Å². The van der Waals surface area contributed by atoms with Gasteiger partial charge < -0.3 is 9.84 Å². The van der Waals surface area contributed by atoms with Gasteiger partial charge in [-0.25, -0.2) is 4.79 Å². The summed E-state index contributed by atoms with van der Waals surface area (Å²) in [6.45, 7) is 4.40. The number of rotatable bonds is 4. The number of nitrogens with zero attached hydrogens (tertiary/aromatic N) is 1. The average molecular weight is 313 g/mol. The molecule has 2 aliphatic heterocycles. The molecule has 114 valence electrons. The molecule has 7 nitrogen and oxygen atoms in total. The average Bonchev–Trinajstić information content (AvgIpc) is 2.40. The minimum Gasteiger partial charge on any atom is -0.477 e. The molecule has 0 unspecified atom stereocenters. The zero-order valence-electron chi connectivity index (χ0n) is 11.8. The van der Waals surface area contributed by atoms with E-state index in [1.54, 1.807) is 6.92 Å². The maximum Gasteiger partial charge on any atom is 0.353 e. The summed E-state index contributed by atoms with van der Waals surface area (Å²) in [5.41, 5.74) is -0.223. The molecule has 2 heterocycles. The summed E-state index contributed by atoms with van der Waals surface area (Å²) in [7, 11) is 0. The number of carbonyl (C=O) groups is 4. The van der Waals surface area contributed by atoms with Gasteiger partial charge in [0.1, 0.15) is 23.1 Å². The Balaban J connectivity index is 2.31. The Hall–Kier alpha value is -1.83. The minimum atomic E-state index is -1.31. The molecule has 1 fully saturated rings. The van der Waals surface area contributed by atoms with Gasteiger partial charge in [0.2, 0.25) is 11.0 Å². The summed E-state index contributed by atoms with van der Waals surface area (Å²) in [6, 6.07) is 0. The second kappa shape index (κ2) is 5.51. The fourth-order valence-corrected chi connectivity index (χ4v) is 3.80. The van der Waals surface area contributed by atoms with Crippen molar-refractivity contribution in [3.8, 4) is 0 Å². The van der Waals surface area contributed by atoms with Gasteiger partial charge >= 0.3 is 11.9 Å². The van der Waals surface area contributed by atoms with Gasteiger partial charge in [0.25, 0.3) is 0 Å². The SMILES string of the molecule is CC[C@@H](OC(C)=O)[C@H]1C(=O)N2C(C(=O)O)=C(C)C(=O)S[C@@H]12. The van der Waals surface area contributed by atoms with Crippen LogP contribution in [-0.2, 0) is 23.9 Å². The molecule has 1 saturated heterocycles. The van der Waals surface area contributed by atoms with Crippen molar-refractivity contribution in [3.63, 3.8) is 0 Å². The third-order valence-corrected chi connectivity index (χ3v) is 4.80. The Kier molecular flexibility index (Phi) is 4.08. The highest BCUT2D eigenvalue weighted by Gasteiger charge is 2.58. The number of hydrogen-bond acceptors (Lipinski definition) is 6. The van der Waals surface area contributed by atoms with E-state index in [0.29, 0.717) is 6.42 Å². The lowest BCUT2D eigenvalue weighted by Crippen LogP contribution is -2.65. The van der Waals surface area contributed by atoms with Crippen LogP contribution in [0.3, 0.4) is 0 Å². The van der Waals surface area contributed by atoms with Crippen LogP contribution in [0.15, 0.2) is 11.3 Å². The summed E-state index contributed by atoms with van der Waals surface area (Å²) in [4.78, 5) is 47.6. The molecule has 0 spiro atoms. The lowest BCUT2D eigenvalue weighted by Gasteiger charge is -2.50. The van der Waals surface area contributed by atoms with E-state index in [1.807, 2.05) is 0 Å². The first kappa shape index (κ1) is 15.6. The van der Waals surface area contributed by atoms with Crippen molar-refractivity contribution < 1.29 is 29.0 Å². The topological polar surface area (TPSA) is 101 Å². The first-order chi connectivity index (χ1) is 9.79. The van der Waals surface area contributed by atoms with Crippen LogP contribution in [-0.4, -0.2) is 44.4 Å². The third kappa shape index (κ3) is 2.44. The molecule has 8 heteroatoms. The summed E-state index contributed by atoms with van der Waals surface area (Å²) < 4.78 is 5.11. The lowest BCUT2D eigenvalue weighted by molar-refractivity contribution is -0.167. The maximum absolute atomic E-state index is 12.3. The van der Waals surface area contributed by atoms with Crippen LogP contribution in [0.4, 0.5) is 0 Å². The van der Waals surface area contributed by atoms with Gasteiger partial charge in [0.15, 0.2) is 0 Å². The lowest BCUT2D eigenvalue weighted by atomic mass is 9.88. The predicted molar refractivity (Wildman–Crippen MR) is 72.9 cm³/mol. The Morgan fingerprint density at radius 1 is 1.43 bits per heavy atom. The van der Waals surface area contributed by atoms with Crippen molar-refractivity contribution in [2.75, 3.05) is 0 Å². The van der Waals surface area contributed by atoms with Crippen molar-refractivity contribution in [3.05, 3.63) is 11.3 Å². The normalized spacial score (nSPS) is 26.1. The Morgan fingerprint density at radius 3 is 2.52 bits per heavy atom. The second-order valence-corrected chi connectivity index (χ2v) is 5.95. The number of fused-ring (bicyclic) bond motifs is 1. The van der Waals surface area contributed by atoms with Crippen molar-refractivity contribution in [1.82, 2.24) is 4.90 Å². The maximum atomic E-state index is 12.3. The van der Waals surface area contributed by atoms with Gasteiger partial charge in [-0.3, -0.25) is 19.3 Å². The smallest absolute Gasteiger partial charge is 0.353 e. The number of thioether (sulfide) groups is 1. The molecule has 3 atom stereocenters. The molecule has 0 aromatic heterocycles. The third-order valence-electron chi connectivity index (χ3n) is 3.54. The van der Waals surface area contributed by atoms with E-state index >= 15 is 0 Å². The number of esters is 1. The van der Waals surface area contributed by atoms with Crippen molar-refractivity contribution in [2.24, 2.45) is 5.92 Å². The number of hydrogen-bond donors (Lipinski definition) is 1. The van der Waals surface area contributed by atoms with Gasteiger partial charge in [-0.05, 0) is 13.3 Å². The highest BCUT2D eigenvalue weighted by molar-refractivity contribution is 8.14. The molecule has 0 bridgehead atoms. The summed E-state index contributed by atoms with van der Waals surface area (Å²) >= 11 is 0.902. The number of carboxylic acid groups (broad SMARTS) is 1. The number of ether oxygens (including phenoxy) is 1. The van der Waals surface area contributed by atoms with Gasteiger partial charge in [-0.15, -0.1) is 0 Å². The second-order valence-electron chi connectivity index (χ2n) is 4.86. The van der Waals surface area contributed by atoms with Crippen molar-refractivity contribution in [2.45, 2.75) is 38.7 Å². The van der Waals surface area contributed by atoms with Crippen LogP contribution in [0.25, 0.3) is 0 Å². The Bertz CT molecular complexity index is 569. The molecule has 2 rings (SSSR count). The highest BCUT2D eigenvalue weighted by atomic mass is 32.2. The fourth-order valence-electron chi connectivity index (χ4n) is 2.56. The number of aliphatic carboxylic acids is 1. The molecule has 0 saturated carbocycles. The van der Waals surface area contributed by atoms with Crippen LogP contribution < -0.4 is 0 Å². The molecule has 2 aliphatic rings. The molecule has 21 heavy (non-hydrogen) atoms.